The molecule has 2 aliphatic heterocycles. The van der Waals surface area contributed by atoms with E-state index in [-0.39, 0.29) is 24.1 Å². The first-order valence-corrected chi connectivity index (χ1v) is 8.30. The highest BCUT2D eigenvalue weighted by molar-refractivity contribution is 8.00. The van der Waals surface area contributed by atoms with E-state index < -0.39 is 36.6 Å². The molecule has 0 aromatic carbocycles. The highest BCUT2D eigenvalue weighted by atomic mass is 32.2. The van der Waals surface area contributed by atoms with E-state index in [9.17, 15) is 19.2 Å². The quantitative estimate of drug-likeness (QED) is 0.380. The van der Waals surface area contributed by atoms with Crippen molar-refractivity contribution < 1.29 is 33.4 Å². The lowest BCUT2D eigenvalue weighted by atomic mass is 10.0. The Bertz CT molecular complexity index is 604. The molecule has 1 amide bonds. The van der Waals surface area contributed by atoms with Crippen molar-refractivity contribution in [3.63, 3.8) is 0 Å². The predicted octanol–water partition coefficient (Wildman–Crippen LogP) is -0.500. The molecular formula is C14H18N2O7S. The third-order valence-corrected chi connectivity index (χ3v) is 4.79. The van der Waals surface area contributed by atoms with E-state index in [4.69, 9.17) is 19.9 Å². The molecule has 0 radical (unpaired) electrons. The van der Waals surface area contributed by atoms with Crippen LogP contribution in [0.5, 0.6) is 0 Å². The number of thioether (sulfide) groups is 1. The van der Waals surface area contributed by atoms with E-state index in [0.29, 0.717) is 11.3 Å². The summed E-state index contributed by atoms with van der Waals surface area (Å²) < 4.78 is 14.5. The summed E-state index contributed by atoms with van der Waals surface area (Å²) in [5, 5.41) is -0.362. The number of hydrogen-bond acceptors (Lipinski definition) is 9. The van der Waals surface area contributed by atoms with Crippen LogP contribution >= 0.6 is 11.8 Å². The van der Waals surface area contributed by atoms with Gasteiger partial charge in [0.1, 0.15) is 23.7 Å². The van der Waals surface area contributed by atoms with Gasteiger partial charge in [0.25, 0.3) is 0 Å². The monoisotopic (exact) mass is 358 g/mol. The Hall–Kier alpha value is -2.07. The van der Waals surface area contributed by atoms with E-state index >= 15 is 0 Å². The number of amides is 1. The van der Waals surface area contributed by atoms with Crippen LogP contribution in [0.15, 0.2) is 11.3 Å². The standard InChI is InChI=1S/C14H18N2O7S/c1-3-9(18)22-6-23-14(20)11-8(4-21-7(2)17)5-24-13-10(15)12(19)16(11)13/h10,13H,3-6,15H2,1-2H3/t10-,13-/m1/s1. The number of rotatable bonds is 6. The van der Waals surface area contributed by atoms with Gasteiger partial charge in [0, 0.05) is 24.7 Å². The van der Waals surface area contributed by atoms with Crippen molar-refractivity contribution >= 4 is 35.6 Å². The molecule has 24 heavy (non-hydrogen) atoms. The Morgan fingerprint density at radius 1 is 1.29 bits per heavy atom. The van der Waals surface area contributed by atoms with E-state index in [1.54, 1.807) is 6.92 Å². The van der Waals surface area contributed by atoms with Crippen molar-refractivity contribution in [2.24, 2.45) is 5.73 Å². The predicted molar refractivity (Wildman–Crippen MR) is 82.1 cm³/mol. The van der Waals surface area contributed by atoms with Crippen LogP contribution in [0.3, 0.4) is 0 Å². The van der Waals surface area contributed by atoms with Crippen molar-refractivity contribution in [1.82, 2.24) is 4.90 Å². The number of fused-ring (bicyclic) bond motifs is 1. The summed E-state index contributed by atoms with van der Waals surface area (Å²) in [7, 11) is 0. The molecular weight excluding hydrogens is 340 g/mol. The van der Waals surface area contributed by atoms with Crippen LogP contribution in [0.25, 0.3) is 0 Å². The molecule has 2 heterocycles. The van der Waals surface area contributed by atoms with Crippen molar-refractivity contribution in [3.05, 3.63) is 11.3 Å². The van der Waals surface area contributed by atoms with Gasteiger partial charge in [-0.2, -0.15) is 0 Å². The number of carbonyl (C=O) groups is 4. The Balaban J connectivity index is 2.13. The molecule has 0 saturated carbocycles. The van der Waals surface area contributed by atoms with Crippen molar-refractivity contribution in [2.45, 2.75) is 31.7 Å². The number of nitrogens with zero attached hydrogens (tertiary/aromatic N) is 1. The molecule has 0 aromatic rings. The number of esters is 3. The maximum absolute atomic E-state index is 12.3. The summed E-state index contributed by atoms with van der Waals surface area (Å²) in [6.07, 6.45) is 0.149. The van der Waals surface area contributed by atoms with E-state index in [0.717, 1.165) is 0 Å². The first-order valence-electron chi connectivity index (χ1n) is 7.25. The number of carbonyl (C=O) groups excluding carboxylic acids is 4. The smallest absolute Gasteiger partial charge is 0.358 e. The Kier molecular flexibility index (Phi) is 5.84. The van der Waals surface area contributed by atoms with Gasteiger partial charge in [0.15, 0.2) is 0 Å². The van der Waals surface area contributed by atoms with Gasteiger partial charge >= 0.3 is 17.9 Å². The summed E-state index contributed by atoms with van der Waals surface area (Å²) in [6, 6.07) is -0.689. The molecule has 9 nitrogen and oxygen atoms in total. The van der Waals surface area contributed by atoms with Crippen molar-refractivity contribution in [1.29, 1.82) is 0 Å². The van der Waals surface area contributed by atoms with Crippen LogP contribution in [0.4, 0.5) is 0 Å². The highest BCUT2D eigenvalue weighted by Gasteiger charge is 2.52. The van der Waals surface area contributed by atoms with Crippen LogP contribution in [0.1, 0.15) is 20.3 Å². The lowest BCUT2D eigenvalue weighted by Crippen LogP contribution is -2.68. The second kappa shape index (κ2) is 7.67. The van der Waals surface area contributed by atoms with Crippen LogP contribution < -0.4 is 5.73 Å². The SMILES string of the molecule is CCC(=O)OCOC(=O)C1=C(COC(C)=O)CS[C@@H]2[C@H](N)C(=O)N12. The average molecular weight is 358 g/mol. The number of β-lactam (4-membered cyclic amide) rings is 1. The fourth-order valence-electron chi connectivity index (χ4n) is 2.19. The van der Waals surface area contributed by atoms with Gasteiger partial charge in [0.05, 0.1) is 0 Å². The minimum Gasteiger partial charge on any atom is -0.461 e. The fourth-order valence-corrected chi connectivity index (χ4v) is 3.46. The van der Waals surface area contributed by atoms with Gasteiger partial charge in [0.2, 0.25) is 12.7 Å². The number of ether oxygens (including phenoxy) is 3. The summed E-state index contributed by atoms with van der Waals surface area (Å²) in [5.41, 5.74) is 6.17. The van der Waals surface area contributed by atoms with Crippen LogP contribution in [-0.4, -0.2) is 59.3 Å². The van der Waals surface area contributed by atoms with Crippen molar-refractivity contribution in [3.8, 4) is 0 Å². The molecule has 2 rings (SSSR count). The number of hydrogen-bond donors (Lipinski definition) is 1. The van der Waals surface area contributed by atoms with Gasteiger partial charge in [-0.25, -0.2) is 4.79 Å². The zero-order chi connectivity index (χ0) is 17.9. The lowest BCUT2D eigenvalue weighted by Gasteiger charge is -2.48. The Labute approximate surface area is 142 Å². The minimum absolute atomic E-state index is 0.000697. The molecule has 2 atom stereocenters. The first kappa shape index (κ1) is 18.3. The van der Waals surface area contributed by atoms with E-state index in [2.05, 4.69) is 0 Å². The second-order valence-electron chi connectivity index (χ2n) is 5.09. The summed E-state index contributed by atoms with van der Waals surface area (Å²) in [5.74, 6) is -1.90. The van der Waals surface area contributed by atoms with Gasteiger partial charge < -0.3 is 19.9 Å². The molecule has 0 spiro atoms. The Morgan fingerprint density at radius 3 is 2.62 bits per heavy atom. The molecule has 1 fully saturated rings. The zero-order valence-electron chi connectivity index (χ0n) is 13.3. The average Bonchev–Trinajstić information content (AvgIpc) is 2.57. The zero-order valence-corrected chi connectivity index (χ0v) is 14.1. The largest absolute Gasteiger partial charge is 0.461 e. The third-order valence-electron chi connectivity index (χ3n) is 3.43. The number of nitrogens with two attached hydrogens (primary N) is 1. The molecule has 1 saturated heterocycles. The molecule has 0 aliphatic carbocycles. The lowest BCUT2D eigenvalue weighted by molar-refractivity contribution is -0.167. The maximum atomic E-state index is 12.3. The van der Waals surface area contributed by atoms with Crippen molar-refractivity contribution in [2.75, 3.05) is 19.2 Å². The third kappa shape index (κ3) is 3.70. The summed E-state index contributed by atoms with van der Waals surface area (Å²) in [4.78, 5) is 47.6. The molecule has 0 bridgehead atoms. The molecule has 0 unspecified atom stereocenters. The van der Waals surface area contributed by atoms with Gasteiger partial charge in [-0.3, -0.25) is 19.3 Å². The van der Waals surface area contributed by atoms with Crippen LogP contribution in [0.2, 0.25) is 0 Å². The second-order valence-corrected chi connectivity index (χ2v) is 6.19. The normalized spacial score (nSPS) is 22.5. The first-order chi connectivity index (χ1) is 11.4. The Morgan fingerprint density at radius 2 is 2.00 bits per heavy atom. The molecule has 132 valence electrons. The molecule has 0 aromatic heterocycles. The minimum atomic E-state index is -0.827. The fraction of sp³-hybridized carbons (Fsp3) is 0.571. The van der Waals surface area contributed by atoms with Gasteiger partial charge in [-0.05, 0) is 0 Å². The van der Waals surface area contributed by atoms with Gasteiger partial charge in [-0.15, -0.1) is 11.8 Å². The molecule has 2 aliphatic rings. The summed E-state index contributed by atoms with van der Waals surface area (Å²) >= 11 is 1.38. The highest BCUT2D eigenvalue weighted by Crippen LogP contribution is 2.39. The summed E-state index contributed by atoms with van der Waals surface area (Å²) in [6.45, 7) is 2.16. The van der Waals surface area contributed by atoms with Crippen LogP contribution in [0, 0.1) is 0 Å². The molecule has 10 heteroatoms. The molecule has 2 N–H and O–H groups in total. The van der Waals surface area contributed by atoms with Crippen LogP contribution in [-0.2, 0) is 33.4 Å². The topological polar surface area (TPSA) is 125 Å². The van der Waals surface area contributed by atoms with Gasteiger partial charge in [-0.1, -0.05) is 6.92 Å². The van der Waals surface area contributed by atoms with E-state index in [1.807, 2.05) is 0 Å². The van der Waals surface area contributed by atoms with E-state index in [1.165, 1.54) is 23.6 Å². The maximum Gasteiger partial charge on any atom is 0.358 e.